The maximum Gasteiger partial charge on any atom is 0.339 e. The van der Waals surface area contributed by atoms with E-state index in [0.29, 0.717) is 53.5 Å². The average Bonchev–Trinajstić information content (AvgIpc) is 3.13. The highest BCUT2D eigenvalue weighted by molar-refractivity contribution is 6.05. The number of aryl methyl sites for hydroxylation is 2. The van der Waals surface area contributed by atoms with Crippen LogP contribution in [0.3, 0.4) is 0 Å². The first-order valence-electron chi connectivity index (χ1n) is 11.1. The molecule has 160 valence electrons. The molecule has 0 atom stereocenters. The lowest BCUT2D eigenvalue weighted by Crippen LogP contribution is -2.08. The molecule has 6 heteroatoms. The van der Waals surface area contributed by atoms with E-state index in [-0.39, 0.29) is 5.97 Å². The Morgan fingerprint density at radius 2 is 1.97 bits per heavy atom. The number of nitrogens with zero attached hydrogens (tertiary/aromatic N) is 4. The molecule has 6 nitrogen and oxygen atoms in total. The van der Waals surface area contributed by atoms with Crippen LogP contribution in [0, 0.1) is 18.3 Å². The van der Waals surface area contributed by atoms with E-state index in [1.54, 1.807) is 17.7 Å². The van der Waals surface area contributed by atoms with Crippen LogP contribution in [0.5, 0.6) is 0 Å². The third-order valence-corrected chi connectivity index (χ3v) is 6.09. The van der Waals surface area contributed by atoms with E-state index in [2.05, 4.69) is 35.4 Å². The van der Waals surface area contributed by atoms with Crippen LogP contribution in [0.4, 0.5) is 0 Å². The van der Waals surface area contributed by atoms with Gasteiger partial charge in [0.05, 0.1) is 48.0 Å². The zero-order valence-corrected chi connectivity index (χ0v) is 18.2. The number of rotatable bonds is 6. The molecule has 31 heavy (non-hydrogen) atoms. The van der Waals surface area contributed by atoms with Gasteiger partial charge in [-0.05, 0) is 44.2 Å². The van der Waals surface area contributed by atoms with Crippen LogP contribution < -0.4 is 0 Å². The van der Waals surface area contributed by atoms with Gasteiger partial charge in [0.1, 0.15) is 0 Å². The van der Waals surface area contributed by atoms with Crippen molar-refractivity contribution in [2.45, 2.75) is 64.8 Å². The first-order chi connectivity index (χ1) is 15.1. The number of carbonyl (C=O) groups is 1. The van der Waals surface area contributed by atoms with Crippen molar-refractivity contribution in [3.05, 3.63) is 47.2 Å². The molecule has 2 aromatic heterocycles. The zero-order chi connectivity index (χ0) is 21.8. The van der Waals surface area contributed by atoms with Crippen LogP contribution in [0.25, 0.3) is 22.3 Å². The van der Waals surface area contributed by atoms with Crippen LogP contribution in [-0.4, -0.2) is 27.3 Å². The summed E-state index contributed by atoms with van der Waals surface area (Å²) < 4.78 is 7.03. The van der Waals surface area contributed by atoms with Gasteiger partial charge in [0.15, 0.2) is 5.65 Å². The highest BCUT2D eigenvalue weighted by atomic mass is 16.5. The van der Waals surface area contributed by atoms with E-state index in [1.165, 1.54) is 37.7 Å². The first kappa shape index (κ1) is 21.0. The predicted molar refractivity (Wildman–Crippen MR) is 120 cm³/mol. The fourth-order valence-corrected chi connectivity index (χ4v) is 4.54. The van der Waals surface area contributed by atoms with Crippen LogP contribution in [0.2, 0.25) is 0 Å². The third kappa shape index (κ3) is 4.32. The second-order valence-corrected chi connectivity index (χ2v) is 8.15. The normalized spacial score (nSPS) is 14.5. The molecule has 0 unspecified atom stereocenters. The van der Waals surface area contributed by atoms with Gasteiger partial charge in [-0.15, -0.1) is 0 Å². The average molecular weight is 417 g/mol. The summed E-state index contributed by atoms with van der Waals surface area (Å²) in [6.45, 7) is 4.38. The third-order valence-electron chi connectivity index (χ3n) is 6.09. The number of ether oxygens (including phenoxy) is 1. The maximum absolute atomic E-state index is 12.7. The molecule has 1 aliphatic carbocycles. The minimum atomic E-state index is -0.377. The summed E-state index contributed by atoms with van der Waals surface area (Å²) >= 11 is 0. The summed E-state index contributed by atoms with van der Waals surface area (Å²) in [6.07, 6.45) is 6.79. The van der Waals surface area contributed by atoms with E-state index < -0.39 is 0 Å². The van der Waals surface area contributed by atoms with Crippen LogP contribution >= 0.6 is 0 Å². The van der Waals surface area contributed by atoms with Crippen molar-refractivity contribution in [1.29, 1.82) is 5.26 Å². The Kier molecular flexibility index (Phi) is 6.31. The fraction of sp³-hybridized carbons (Fsp3) is 0.440. The lowest BCUT2D eigenvalue weighted by molar-refractivity contribution is 0.0528. The quantitative estimate of drug-likeness (QED) is 0.493. The molecule has 0 aliphatic heterocycles. The molecule has 1 aliphatic rings. The molecule has 0 N–H and O–H groups in total. The fourth-order valence-electron chi connectivity index (χ4n) is 4.54. The van der Waals surface area contributed by atoms with Gasteiger partial charge in [-0.25, -0.2) is 14.5 Å². The van der Waals surface area contributed by atoms with Crippen molar-refractivity contribution in [2.24, 2.45) is 0 Å². The molecule has 2 heterocycles. The second-order valence-electron chi connectivity index (χ2n) is 8.15. The van der Waals surface area contributed by atoms with Gasteiger partial charge in [-0.2, -0.15) is 10.4 Å². The van der Waals surface area contributed by atoms with Crippen molar-refractivity contribution >= 4 is 17.0 Å². The molecule has 0 radical (unpaired) electrons. The van der Waals surface area contributed by atoms with E-state index in [4.69, 9.17) is 15.0 Å². The molecular weight excluding hydrogens is 388 g/mol. The van der Waals surface area contributed by atoms with Crippen molar-refractivity contribution in [3.63, 3.8) is 0 Å². The van der Waals surface area contributed by atoms with Crippen LogP contribution in [-0.2, 0) is 11.3 Å². The van der Waals surface area contributed by atoms with Crippen LogP contribution in [0.15, 0.2) is 30.3 Å². The van der Waals surface area contributed by atoms with Gasteiger partial charge < -0.3 is 4.74 Å². The van der Waals surface area contributed by atoms with Crippen molar-refractivity contribution < 1.29 is 9.53 Å². The number of pyridine rings is 1. The molecular formula is C25H28N4O2. The minimum Gasteiger partial charge on any atom is -0.462 e. The highest BCUT2D eigenvalue weighted by Gasteiger charge is 2.21. The molecule has 0 spiro atoms. The van der Waals surface area contributed by atoms with Gasteiger partial charge >= 0.3 is 5.97 Å². The predicted octanol–water partition coefficient (Wildman–Crippen LogP) is 5.54. The summed E-state index contributed by atoms with van der Waals surface area (Å²) in [7, 11) is 0. The van der Waals surface area contributed by atoms with Crippen molar-refractivity contribution in [1.82, 2.24) is 14.8 Å². The molecule has 1 saturated carbocycles. The van der Waals surface area contributed by atoms with E-state index in [0.717, 1.165) is 5.56 Å². The lowest BCUT2D eigenvalue weighted by Gasteiger charge is -2.22. The van der Waals surface area contributed by atoms with Gasteiger partial charge in [0.25, 0.3) is 0 Å². The molecule has 1 fully saturated rings. The number of nitriles is 1. The first-order valence-corrected chi connectivity index (χ1v) is 11.1. The Morgan fingerprint density at radius 3 is 2.65 bits per heavy atom. The van der Waals surface area contributed by atoms with E-state index in [1.807, 2.05) is 6.92 Å². The monoisotopic (exact) mass is 416 g/mol. The molecule has 3 aromatic rings. The number of benzene rings is 1. The largest absolute Gasteiger partial charge is 0.462 e. The lowest BCUT2D eigenvalue weighted by atomic mass is 9.84. The zero-order valence-electron chi connectivity index (χ0n) is 18.2. The summed E-state index contributed by atoms with van der Waals surface area (Å²) in [5.74, 6) is 0.265. The van der Waals surface area contributed by atoms with Crippen molar-refractivity contribution in [3.8, 4) is 17.3 Å². The summed E-state index contributed by atoms with van der Waals surface area (Å²) in [5, 5.41) is 14.2. The number of carbonyl (C=O) groups excluding carboxylic acids is 1. The Balaban J connectivity index is 1.78. The highest BCUT2D eigenvalue weighted by Crippen LogP contribution is 2.34. The smallest absolute Gasteiger partial charge is 0.339 e. The number of fused-ring (bicyclic) bond motifs is 1. The van der Waals surface area contributed by atoms with Gasteiger partial charge in [0, 0.05) is 5.56 Å². The van der Waals surface area contributed by atoms with Crippen molar-refractivity contribution in [2.75, 3.05) is 6.61 Å². The Labute approximate surface area is 182 Å². The Morgan fingerprint density at radius 1 is 1.23 bits per heavy atom. The topological polar surface area (TPSA) is 80.8 Å². The molecule has 0 bridgehead atoms. The standard InChI is InChI=1S/C25H28N4O2/c1-3-31-25(30)21-16-22(27-24-23(21)17(2)28-29(24)15-7-14-26)20-12-10-19(11-13-20)18-8-5-4-6-9-18/h10-13,16,18H,3-9,15H2,1-2H3. The molecule has 4 rings (SSSR count). The van der Waals surface area contributed by atoms with Gasteiger partial charge in [-0.1, -0.05) is 43.5 Å². The van der Waals surface area contributed by atoms with Gasteiger partial charge in [-0.3, -0.25) is 0 Å². The second kappa shape index (κ2) is 9.30. The summed E-state index contributed by atoms with van der Waals surface area (Å²) in [4.78, 5) is 17.6. The SMILES string of the molecule is CCOC(=O)c1cc(-c2ccc(C3CCCCC3)cc2)nc2c1c(C)nn2CCC#N. The maximum atomic E-state index is 12.7. The molecule has 0 amide bonds. The number of esters is 1. The summed E-state index contributed by atoms with van der Waals surface area (Å²) in [6, 6.07) is 12.5. The number of hydrogen-bond acceptors (Lipinski definition) is 5. The molecule has 1 aromatic carbocycles. The van der Waals surface area contributed by atoms with E-state index in [9.17, 15) is 4.79 Å². The number of hydrogen-bond donors (Lipinski definition) is 0. The van der Waals surface area contributed by atoms with Gasteiger partial charge in [0.2, 0.25) is 0 Å². The molecule has 0 saturated heterocycles. The van der Waals surface area contributed by atoms with Crippen LogP contribution in [0.1, 0.15) is 73.0 Å². The Bertz CT molecular complexity index is 1120. The minimum absolute atomic E-state index is 0.301. The Hall–Kier alpha value is -3.20. The summed E-state index contributed by atoms with van der Waals surface area (Å²) in [5.41, 5.74) is 4.85. The van der Waals surface area contributed by atoms with E-state index >= 15 is 0 Å². The number of aromatic nitrogens is 3.